The summed E-state index contributed by atoms with van der Waals surface area (Å²) in [6, 6.07) is 6.68. The van der Waals surface area contributed by atoms with E-state index in [2.05, 4.69) is 56.5 Å². The van der Waals surface area contributed by atoms with Gasteiger partial charge in [-0.2, -0.15) is 0 Å². The highest BCUT2D eigenvalue weighted by molar-refractivity contribution is 6.96. The van der Waals surface area contributed by atoms with Crippen LogP contribution in [0.5, 0.6) is 0 Å². The third-order valence-electron chi connectivity index (χ3n) is 8.29. The highest BCUT2D eigenvalue weighted by Gasteiger charge is 2.86. The van der Waals surface area contributed by atoms with E-state index in [4.69, 9.17) is 9.85 Å². The van der Waals surface area contributed by atoms with E-state index in [0.29, 0.717) is 11.8 Å². The zero-order valence-electron chi connectivity index (χ0n) is 16.2. The van der Waals surface area contributed by atoms with Gasteiger partial charge in [0, 0.05) is 5.04 Å². The summed E-state index contributed by atoms with van der Waals surface area (Å²) in [6.45, 7) is 9.14. The molecule has 1 radical (unpaired) electrons. The van der Waals surface area contributed by atoms with Gasteiger partial charge in [0.2, 0.25) is 5.91 Å². The fraction of sp³-hybridized carbons (Fsp3) is 0.571. The van der Waals surface area contributed by atoms with Crippen LogP contribution in [-0.2, 0) is 20.4 Å². The maximum atomic E-state index is 13.2. The predicted molar refractivity (Wildman–Crippen MR) is 109 cm³/mol. The van der Waals surface area contributed by atoms with Gasteiger partial charge in [0.25, 0.3) is 0 Å². The van der Waals surface area contributed by atoms with Crippen molar-refractivity contribution in [2.24, 2.45) is 11.8 Å². The molecule has 0 aromatic heterocycles. The third-order valence-corrected chi connectivity index (χ3v) is 18.5. The van der Waals surface area contributed by atoms with Crippen LogP contribution in [0.25, 0.3) is 6.08 Å². The number of rotatable bonds is 2. The smallest absolute Gasteiger partial charge is 0.245 e. The molecule has 4 unspecified atom stereocenters. The zero-order valence-corrected chi connectivity index (χ0v) is 18.2. The lowest BCUT2D eigenvalue weighted by Crippen LogP contribution is -2.62. The quantitative estimate of drug-likeness (QED) is 0.709. The van der Waals surface area contributed by atoms with Crippen molar-refractivity contribution in [3.63, 3.8) is 0 Å². The van der Waals surface area contributed by atoms with Gasteiger partial charge in [-0.3, -0.25) is 10.5 Å². The molecule has 0 spiro atoms. The number of allylic oxidation sites excluding steroid dienone is 1. The average Bonchev–Trinajstić information content (AvgIpc) is 3.27. The molecule has 3 aliphatic carbocycles. The van der Waals surface area contributed by atoms with E-state index in [-0.39, 0.29) is 10.9 Å². The first-order valence-corrected chi connectivity index (χ1v) is 15.8. The van der Waals surface area contributed by atoms with Crippen LogP contribution >= 0.6 is 0 Å². The molecule has 2 saturated carbocycles. The van der Waals surface area contributed by atoms with Crippen molar-refractivity contribution in [1.29, 1.82) is 0 Å². The average molecular weight is 383 g/mol. The fourth-order valence-electron chi connectivity index (χ4n) is 8.17. The monoisotopic (exact) mass is 382 g/mol. The second-order valence-electron chi connectivity index (χ2n) is 9.76. The predicted octanol–water partition coefficient (Wildman–Crippen LogP) is 4.45. The molecule has 1 aromatic rings. The van der Waals surface area contributed by atoms with E-state index < -0.39 is 21.7 Å². The van der Waals surface area contributed by atoms with Crippen LogP contribution in [0.15, 0.2) is 24.3 Å². The standard InChI is InChI=1S/C21H28NO2Si2/c1-25(2)20(18-10-6-8-14-7-5-9-17(14)18)15-11-12-16(13-15)21(20,19(22)23)26(3,4)24-25/h5-6,8-10,15-16,22H,7,11-13H2,1-4H3. The number of hydrogen-bond donors (Lipinski definition) is 0. The Hall–Kier alpha value is -1.18. The minimum atomic E-state index is -2.36. The van der Waals surface area contributed by atoms with Crippen molar-refractivity contribution in [1.82, 2.24) is 5.73 Å². The van der Waals surface area contributed by atoms with Gasteiger partial charge in [-0.25, -0.2) is 0 Å². The lowest BCUT2D eigenvalue weighted by Gasteiger charge is -2.53. The number of benzene rings is 1. The molecule has 1 aromatic carbocycles. The Labute approximate surface area is 158 Å². The van der Waals surface area contributed by atoms with Crippen molar-refractivity contribution in [2.75, 3.05) is 0 Å². The van der Waals surface area contributed by atoms with E-state index in [1.807, 2.05) is 0 Å². The maximum absolute atomic E-state index is 13.2. The Balaban J connectivity index is 1.92. The lowest BCUT2D eigenvalue weighted by molar-refractivity contribution is -0.124. The first-order valence-electron chi connectivity index (χ1n) is 9.95. The first kappa shape index (κ1) is 17.0. The Morgan fingerprint density at radius 2 is 1.88 bits per heavy atom. The molecular weight excluding hydrogens is 354 g/mol. The highest BCUT2D eigenvalue weighted by Crippen LogP contribution is 2.81. The van der Waals surface area contributed by atoms with Gasteiger partial charge in [-0.1, -0.05) is 30.4 Å². The number of nitrogens with one attached hydrogen (secondary N) is 1. The van der Waals surface area contributed by atoms with Crippen LogP contribution in [0, 0.1) is 11.8 Å². The molecule has 1 N–H and O–H groups in total. The second-order valence-corrected chi connectivity index (χ2v) is 18.2. The van der Waals surface area contributed by atoms with Gasteiger partial charge < -0.3 is 4.12 Å². The molecule has 2 bridgehead atoms. The number of amides is 1. The molecule has 1 aliphatic heterocycles. The Bertz CT molecular complexity index is 862. The van der Waals surface area contributed by atoms with E-state index in [1.54, 1.807) is 0 Å². The van der Waals surface area contributed by atoms with Gasteiger partial charge in [0.05, 0.1) is 5.04 Å². The van der Waals surface area contributed by atoms with Crippen molar-refractivity contribution in [2.45, 2.75) is 61.9 Å². The molecule has 1 saturated heterocycles. The van der Waals surface area contributed by atoms with Gasteiger partial charge >= 0.3 is 0 Å². The van der Waals surface area contributed by atoms with E-state index in [1.165, 1.54) is 23.1 Å². The fourth-order valence-corrected chi connectivity index (χ4v) is 22.8. The summed E-state index contributed by atoms with van der Waals surface area (Å²) in [7, 11) is -4.60. The molecule has 3 nitrogen and oxygen atoms in total. The maximum Gasteiger partial charge on any atom is 0.245 e. The Morgan fingerprint density at radius 1 is 1.15 bits per heavy atom. The molecule has 4 aliphatic rings. The summed E-state index contributed by atoms with van der Waals surface area (Å²) >= 11 is 0. The molecule has 5 rings (SSSR count). The van der Waals surface area contributed by atoms with E-state index in [9.17, 15) is 4.79 Å². The Kier molecular flexibility index (Phi) is 3.13. The van der Waals surface area contributed by atoms with Crippen LogP contribution in [0.4, 0.5) is 0 Å². The van der Waals surface area contributed by atoms with Crippen LogP contribution in [0.1, 0.15) is 36.0 Å². The number of fused-ring (bicyclic) bond motifs is 6. The van der Waals surface area contributed by atoms with Crippen molar-refractivity contribution in [3.05, 3.63) is 41.0 Å². The van der Waals surface area contributed by atoms with Crippen LogP contribution in [0.2, 0.25) is 31.2 Å². The van der Waals surface area contributed by atoms with Gasteiger partial charge in [0.1, 0.15) is 0 Å². The minimum absolute atomic E-state index is 0.225. The summed E-state index contributed by atoms with van der Waals surface area (Å²) in [5, 5.41) is -0.790. The minimum Gasteiger partial charge on any atom is -0.454 e. The number of carbonyl (C=O) groups is 1. The summed E-state index contributed by atoms with van der Waals surface area (Å²) in [5.74, 6) is 0.520. The summed E-state index contributed by atoms with van der Waals surface area (Å²) < 4.78 is 6.98. The Morgan fingerprint density at radius 3 is 2.62 bits per heavy atom. The molecule has 3 fully saturated rings. The van der Waals surface area contributed by atoms with Crippen molar-refractivity contribution in [3.8, 4) is 0 Å². The number of carbonyl (C=O) groups excluding carboxylic acids is 1. The molecule has 4 atom stereocenters. The summed E-state index contributed by atoms with van der Waals surface area (Å²) in [6.07, 6.45) is 8.91. The normalized spacial score (nSPS) is 40.6. The molecule has 1 heterocycles. The van der Waals surface area contributed by atoms with Crippen LogP contribution < -0.4 is 5.73 Å². The van der Waals surface area contributed by atoms with Crippen molar-refractivity contribution < 1.29 is 8.91 Å². The topological polar surface area (TPSA) is 50.1 Å². The lowest BCUT2D eigenvalue weighted by atomic mass is 9.71. The SMILES string of the molecule is C[Si]1(C)O[Si](C)(C)C2(c3cccc4c3C=CC4)C3CCC(C3)C21C([NH])=O. The second kappa shape index (κ2) is 4.80. The molecule has 137 valence electrons. The zero-order chi connectivity index (χ0) is 18.5. The molecular formula is C21H28NO2Si2. The van der Waals surface area contributed by atoms with Gasteiger partial charge in [0.15, 0.2) is 16.6 Å². The van der Waals surface area contributed by atoms with Crippen molar-refractivity contribution >= 4 is 28.6 Å². The molecule has 5 heteroatoms. The highest BCUT2D eigenvalue weighted by atomic mass is 28.4. The van der Waals surface area contributed by atoms with Crippen LogP contribution in [0.3, 0.4) is 0 Å². The van der Waals surface area contributed by atoms with Gasteiger partial charge in [-0.15, -0.1) is 0 Å². The number of hydrogen-bond acceptors (Lipinski definition) is 2. The summed E-state index contributed by atoms with van der Waals surface area (Å²) in [4.78, 5) is 13.2. The largest absolute Gasteiger partial charge is 0.454 e. The first-order chi connectivity index (χ1) is 12.2. The van der Waals surface area contributed by atoms with Gasteiger partial charge in [-0.05, 0) is 80.4 Å². The molecule has 26 heavy (non-hydrogen) atoms. The van der Waals surface area contributed by atoms with E-state index in [0.717, 1.165) is 19.3 Å². The summed E-state index contributed by atoms with van der Waals surface area (Å²) in [5.41, 5.74) is 12.6. The van der Waals surface area contributed by atoms with Crippen LogP contribution in [-0.4, -0.2) is 22.5 Å². The molecule has 1 amide bonds. The third kappa shape index (κ3) is 1.51. The van der Waals surface area contributed by atoms with E-state index >= 15 is 0 Å².